The smallest absolute Gasteiger partial charge is 0.333 e. The fourth-order valence-corrected chi connectivity index (χ4v) is 5.13. The molecular formula is C21H29N5O4S. The molecule has 2 aliphatic rings. The Hall–Kier alpha value is -2.27. The number of hydrogen-bond acceptors (Lipinski definition) is 8. The summed E-state index contributed by atoms with van der Waals surface area (Å²) in [7, 11) is -4.02. The molecule has 4 atom stereocenters. The van der Waals surface area contributed by atoms with E-state index < -0.39 is 16.4 Å². The molecular weight excluding hydrogens is 418 g/mol. The Kier molecular flexibility index (Phi) is 5.91. The lowest BCUT2D eigenvalue weighted by Gasteiger charge is -2.20. The van der Waals surface area contributed by atoms with Crippen LogP contribution in [0.5, 0.6) is 0 Å². The van der Waals surface area contributed by atoms with Gasteiger partial charge in [-0.05, 0) is 35.8 Å². The van der Waals surface area contributed by atoms with Crippen molar-refractivity contribution in [3.63, 3.8) is 0 Å². The highest BCUT2D eigenvalue weighted by Crippen LogP contribution is 2.45. The molecule has 1 aromatic heterocycles. The van der Waals surface area contributed by atoms with Crippen LogP contribution in [0.25, 0.3) is 0 Å². The van der Waals surface area contributed by atoms with Crippen LogP contribution in [0.2, 0.25) is 0 Å². The number of aliphatic hydroxyl groups excluding tert-OH is 1. The van der Waals surface area contributed by atoms with Crippen molar-refractivity contribution in [1.82, 2.24) is 9.97 Å². The Balaban J connectivity index is 1.40. The van der Waals surface area contributed by atoms with Crippen molar-refractivity contribution in [2.75, 3.05) is 17.2 Å². The van der Waals surface area contributed by atoms with Crippen molar-refractivity contribution in [3.8, 4) is 0 Å². The van der Waals surface area contributed by atoms with E-state index in [1.54, 1.807) is 0 Å². The summed E-state index contributed by atoms with van der Waals surface area (Å²) < 4.78 is 26.6. The van der Waals surface area contributed by atoms with Crippen LogP contribution in [-0.2, 0) is 19.9 Å². The normalized spacial score (nSPS) is 27.1. The number of nitrogens with zero attached hydrogens (tertiary/aromatic N) is 2. The number of benzene rings is 1. The van der Waals surface area contributed by atoms with Crippen molar-refractivity contribution in [2.24, 2.45) is 11.1 Å². The second-order valence-electron chi connectivity index (χ2n) is 9.08. The molecule has 0 saturated heterocycles. The topological polar surface area (TPSA) is 139 Å². The van der Waals surface area contributed by atoms with Crippen LogP contribution in [0.4, 0.5) is 11.6 Å². The summed E-state index contributed by atoms with van der Waals surface area (Å²) in [6.07, 6.45) is 2.82. The van der Waals surface area contributed by atoms with Crippen LogP contribution in [-0.4, -0.2) is 42.2 Å². The molecule has 0 unspecified atom stereocenters. The largest absolute Gasteiger partial charge is 0.393 e. The minimum atomic E-state index is -4.02. The fourth-order valence-electron chi connectivity index (χ4n) is 4.76. The zero-order valence-corrected chi connectivity index (χ0v) is 18.5. The number of fused-ring (bicyclic) bond motifs is 1. The zero-order chi connectivity index (χ0) is 22.2. The highest BCUT2D eigenvalue weighted by atomic mass is 32.2. The highest BCUT2D eigenvalue weighted by molar-refractivity contribution is 7.84. The third-order valence-electron chi connectivity index (χ3n) is 6.22. The van der Waals surface area contributed by atoms with E-state index in [1.165, 1.54) is 17.5 Å². The van der Waals surface area contributed by atoms with E-state index in [0.29, 0.717) is 18.7 Å². The van der Waals surface area contributed by atoms with E-state index in [-0.39, 0.29) is 30.0 Å². The summed E-state index contributed by atoms with van der Waals surface area (Å²) in [5, 5.41) is 21.9. The maximum atomic E-state index is 11.0. The molecule has 0 amide bonds. The first-order chi connectivity index (χ1) is 14.6. The number of aromatic nitrogens is 2. The Labute approximate surface area is 182 Å². The quantitative estimate of drug-likeness (QED) is 0.506. The molecule has 5 N–H and O–H groups in total. The number of rotatable bonds is 7. The summed E-state index contributed by atoms with van der Waals surface area (Å²) in [5.74, 6) is 1.06. The van der Waals surface area contributed by atoms with Crippen LogP contribution in [0, 0.1) is 5.92 Å². The van der Waals surface area contributed by atoms with E-state index in [0.717, 1.165) is 12.2 Å². The number of aliphatic hydroxyl groups is 1. The van der Waals surface area contributed by atoms with Crippen LogP contribution in [0.1, 0.15) is 50.3 Å². The van der Waals surface area contributed by atoms with Crippen LogP contribution < -0.4 is 15.8 Å². The van der Waals surface area contributed by atoms with Crippen molar-refractivity contribution >= 4 is 21.9 Å². The highest BCUT2D eigenvalue weighted by Gasteiger charge is 2.37. The van der Waals surface area contributed by atoms with Gasteiger partial charge in [0.25, 0.3) is 0 Å². The van der Waals surface area contributed by atoms with Crippen LogP contribution >= 0.6 is 0 Å². The fraction of sp³-hybridized carbons (Fsp3) is 0.524. The predicted octanol–water partition coefficient (Wildman–Crippen LogP) is 2.08. The van der Waals surface area contributed by atoms with Gasteiger partial charge in [-0.2, -0.15) is 8.42 Å². The van der Waals surface area contributed by atoms with Crippen molar-refractivity contribution in [3.05, 3.63) is 47.8 Å². The summed E-state index contributed by atoms with van der Waals surface area (Å²) in [4.78, 5) is 8.67. The maximum Gasteiger partial charge on any atom is 0.333 e. The molecule has 2 aliphatic carbocycles. The third kappa shape index (κ3) is 5.15. The van der Waals surface area contributed by atoms with Crippen molar-refractivity contribution < 1.29 is 17.7 Å². The molecule has 0 radical (unpaired) electrons. The molecule has 2 aromatic rings. The standard InChI is InChI=1S/C21H29N5O4S/c1-21(2)10-17(15-5-3-4-6-16(15)21)26-20-9-19(23-12-24-20)25-14-7-13(18(27)8-14)11-30-31(22,28)29/h3-6,9,12-14,17-18,27H,7-8,10-11H2,1-2H3,(H2,22,28,29)(H2,23,24,25,26)/t13-,14+,17-,18-/m0/s1. The number of nitrogens with one attached hydrogen (secondary N) is 2. The first kappa shape index (κ1) is 21.9. The Morgan fingerprint density at radius 1 is 1.19 bits per heavy atom. The summed E-state index contributed by atoms with van der Waals surface area (Å²) in [6, 6.07) is 10.4. The van der Waals surface area contributed by atoms with Crippen molar-refractivity contribution in [1.29, 1.82) is 0 Å². The molecule has 1 heterocycles. The molecule has 9 nitrogen and oxygen atoms in total. The second-order valence-corrected chi connectivity index (χ2v) is 10.3. The molecule has 1 saturated carbocycles. The van der Waals surface area contributed by atoms with Gasteiger partial charge in [-0.25, -0.2) is 15.1 Å². The number of hydrogen-bond donors (Lipinski definition) is 4. The molecule has 168 valence electrons. The predicted molar refractivity (Wildman–Crippen MR) is 118 cm³/mol. The van der Waals surface area contributed by atoms with Gasteiger partial charge >= 0.3 is 10.3 Å². The molecule has 4 rings (SSSR count). The van der Waals surface area contributed by atoms with E-state index in [1.807, 2.05) is 6.07 Å². The first-order valence-electron chi connectivity index (χ1n) is 10.4. The number of anilines is 2. The lowest BCUT2D eigenvalue weighted by Crippen LogP contribution is -2.24. The average Bonchev–Trinajstić information content (AvgIpc) is 3.16. The van der Waals surface area contributed by atoms with E-state index in [2.05, 4.69) is 62.9 Å². The molecule has 0 spiro atoms. The van der Waals surface area contributed by atoms with Gasteiger partial charge in [0, 0.05) is 18.0 Å². The Bertz CT molecular complexity index is 1050. The molecule has 31 heavy (non-hydrogen) atoms. The second kappa shape index (κ2) is 8.34. The van der Waals surface area contributed by atoms with Gasteiger partial charge in [-0.1, -0.05) is 38.1 Å². The molecule has 1 aromatic carbocycles. The maximum absolute atomic E-state index is 11.0. The summed E-state index contributed by atoms with van der Waals surface area (Å²) in [5.41, 5.74) is 2.74. The SMILES string of the molecule is CC1(C)C[C@H](Nc2cc(N[C@@H]3C[C@@H](COS(N)(=O)=O)[C@@H](O)C3)ncn2)c2ccccc21. The lowest BCUT2D eigenvalue weighted by atomic mass is 9.86. The Morgan fingerprint density at radius 3 is 2.65 bits per heavy atom. The average molecular weight is 448 g/mol. The monoisotopic (exact) mass is 447 g/mol. The molecule has 0 aliphatic heterocycles. The first-order valence-corrected chi connectivity index (χ1v) is 11.9. The lowest BCUT2D eigenvalue weighted by molar-refractivity contribution is 0.101. The van der Waals surface area contributed by atoms with Crippen LogP contribution in [0.3, 0.4) is 0 Å². The minimum absolute atomic E-state index is 0.0574. The van der Waals surface area contributed by atoms with Gasteiger partial charge in [0.05, 0.1) is 18.8 Å². The van der Waals surface area contributed by atoms with Crippen molar-refractivity contribution in [2.45, 2.75) is 56.7 Å². The van der Waals surface area contributed by atoms with E-state index in [9.17, 15) is 13.5 Å². The van der Waals surface area contributed by atoms with Crippen LogP contribution in [0.15, 0.2) is 36.7 Å². The van der Waals surface area contributed by atoms with Gasteiger partial charge in [-0.3, -0.25) is 4.18 Å². The summed E-state index contributed by atoms with van der Waals surface area (Å²) in [6.45, 7) is 4.37. The van der Waals surface area contributed by atoms with Gasteiger partial charge in [0.2, 0.25) is 0 Å². The zero-order valence-electron chi connectivity index (χ0n) is 17.7. The van der Waals surface area contributed by atoms with E-state index in [4.69, 9.17) is 5.14 Å². The van der Waals surface area contributed by atoms with Gasteiger partial charge in [-0.15, -0.1) is 0 Å². The number of nitrogens with two attached hydrogens (primary N) is 1. The summed E-state index contributed by atoms with van der Waals surface area (Å²) >= 11 is 0. The van der Waals surface area contributed by atoms with E-state index >= 15 is 0 Å². The molecule has 10 heteroatoms. The molecule has 1 fully saturated rings. The third-order valence-corrected chi connectivity index (χ3v) is 6.69. The van der Waals surface area contributed by atoms with Gasteiger partial charge in [0.1, 0.15) is 18.0 Å². The van der Waals surface area contributed by atoms with Gasteiger partial charge in [0.15, 0.2) is 0 Å². The minimum Gasteiger partial charge on any atom is -0.393 e. The van der Waals surface area contributed by atoms with Gasteiger partial charge < -0.3 is 15.7 Å². The molecule has 0 bridgehead atoms. The Morgan fingerprint density at radius 2 is 1.90 bits per heavy atom.